The fourth-order valence-electron chi connectivity index (χ4n) is 4.03. The molecule has 0 saturated heterocycles. The van der Waals surface area contributed by atoms with Gasteiger partial charge in [0.05, 0.1) is 11.7 Å². The lowest BCUT2D eigenvalue weighted by Crippen LogP contribution is -2.43. The van der Waals surface area contributed by atoms with Gasteiger partial charge in [-0.3, -0.25) is 14.4 Å². The van der Waals surface area contributed by atoms with Crippen LogP contribution in [0.15, 0.2) is 29.1 Å². The van der Waals surface area contributed by atoms with E-state index >= 15 is 0 Å². The largest absolute Gasteiger partial charge is 0.352 e. The minimum atomic E-state index is 0.0281. The van der Waals surface area contributed by atoms with E-state index in [-0.39, 0.29) is 5.91 Å². The predicted octanol–water partition coefficient (Wildman–Crippen LogP) is 3.06. The van der Waals surface area contributed by atoms with Crippen molar-refractivity contribution in [3.63, 3.8) is 0 Å². The number of aromatic nitrogens is 2. The Labute approximate surface area is 146 Å². The van der Waals surface area contributed by atoms with Crippen LogP contribution in [-0.2, 0) is 6.54 Å². The number of carbonyl (C=O) groups excluding carboxylic acids is 1. The van der Waals surface area contributed by atoms with Crippen molar-refractivity contribution in [2.24, 2.45) is 0 Å². The third-order valence-electron chi connectivity index (χ3n) is 5.30. The third kappa shape index (κ3) is 3.26. The zero-order valence-corrected chi connectivity index (χ0v) is 14.7. The number of fused-ring (bicyclic) bond motifs is 1. The summed E-state index contributed by atoms with van der Waals surface area (Å²) in [5, 5.41) is 11.4. The molecule has 0 bridgehead atoms. The highest BCUT2D eigenvalue weighted by Crippen LogP contribution is 2.30. The van der Waals surface area contributed by atoms with E-state index in [1.165, 1.54) is 31.4 Å². The van der Waals surface area contributed by atoms with E-state index in [1.807, 2.05) is 23.0 Å². The van der Waals surface area contributed by atoms with Crippen LogP contribution in [0.5, 0.6) is 0 Å². The molecule has 1 unspecified atom stereocenters. The van der Waals surface area contributed by atoms with Gasteiger partial charge in [-0.2, -0.15) is 16.4 Å². The van der Waals surface area contributed by atoms with Crippen molar-refractivity contribution < 1.29 is 4.79 Å². The monoisotopic (exact) mass is 344 g/mol. The van der Waals surface area contributed by atoms with Crippen LogP contribution < -0.4 is 5.32 Å². The molecule has 1 N–H and O–H groups in total. The Morgan fingerprint density at radius 1 is 1.33 bits per heavy atom. The van der Waals surface area contributed by atoms with Gasteiger partial charge in [-0.1, -0.05) is 12.8 Å². The zero-order valence-electron chi connectivity index (χ0n) is 13.9. The molecule has 0 aromatic carbocycles. The van der Waals surface area contributed by atoms with Crippen molar-refractivity contribution >= 4 is 17.2 Å². The summed E-state index contributed by atoms with van der Waals surface area (Å²) >= 11 is 1.55. The molecule has 0 radical (unpaired) electrons. The van der Waals surface area contributed by atoms with E-state index in [0.29, 0.717) is 12.6 Å². The Balaban J connectivity index is 1.37. The molecule has 1 fully saturated rings. The minimum absolute atomic E-state index is 0.0281. The lowest BCUT2D eigenvalue weighted by Gasteiger charge is -2.37. The molecule has 2 aromatic rings. The molecule has 1 aliphatic carbocycles. The highest BCUT2D eigenvalue weighted by atomic mass is 32.1. The van der Waals surface area contributed by atoms with Gasteiger partial charge in [0.1, 0.15) is 0 Å². The fraction of sp³-hybridized carbons (Fsp3) is 0.556. The summed E-state index contributed by atoms with van der Waals surface area (Å²) in [7, 11) is 0. The van der Waals surface area contributed by atoms with E-state index in [0.717, 1.165) is 31.1 Å². The Bertz CT molecular complexity index is 675. The third-order valence-corrected chi connectivity index (χ3v) is 5.98. The van der Waals surface area contributed by atoms with Crippen molar-refractivity contribution in [2.45, 2.75) is 50.7 Å². The standard InChI is InChI=1S/C18H24N4OS/c23-18(14-7-10-24-13-14)19-8-5-16-11-21(15-3-1-2-4-15)12-17-6-9-20-22(16)17/h6-7,9-10,13,15-16H,1-5,8,11-12H2,(H,19,23). The van der Waals surface area contributed by atoms with E-state index in [1.54, 1.807) is 11.3 Å². The molecule has 6 heteroatoms. The van der Waals surface area contributed by atoms with E-state index in [2.05, 4.69) is 26.1 Å². The van der Waals surface area contributed by atoms with Crippen LogP contribution in [0.1, 0.15) is 54.2 Å². The smallest absolute Gasteiger partial charge is 0.252 e. The maximum absolute atomic E-state index is 12.1. The molecule has 2 aliphatic rings. The summed E-state index contributed by atoms with van der Waals surface area (Å²) in [6.45, 7) is 2.76. The summed E-state index contributed by atoms with van der Waals surface area (Å²) in [5.41, 5.74) is 2.07. The van der Waals surface area contributed by atoms with Gasteiger partial charge in [0.15, 0.2) is 0 Å². The lowest BCUT2D eigenvalue weighted by atomic mass is 10.1. The summed E-state index contributed by atoms with van der Waals surface area (Å²) in [6.07, 6.45) is 8.22. The fourth-order valence-corrected chi connectivity index (χ4v) is 4.66. The van der Waals surface area contributed by atoms with Gasteiger partial charge < -0.3 is 5.32 Å². The van der Waals surface area contributed by atoms with Crippen LogP contribution in [0.3, 0.4) is 0 Å². The average molecular weight is 344 g/mol. The second-order valence-electron chi connectivity index (χ2n) is 6.85. The van der Waals surface area contributed by atoms with Crippen LogP contribution in [0.4, 0.5) is 0 Å². The summed E-state index contributed by atoms with van der Waals surface area (Å²) in [4.78, 5) is 14.7. The Kier molecular flexibility index (Phi) is 4.67. The number of thiophene rings is 1. The lowest BCUT2D eigenvalue weighted by molar-refractivity contribution is 0.0940. The first kappa shape index (κ1) is 15.8. The first-order chi connectivity index (χ1) is 11.8. The topological polar surface area (TPSA) is 50.2 Å². The number of nitrogens with zero attached hydrogens (tertiary/aromatic N) is 3. The highest BCUT2D eigenvalue weighted by molar-refractivity contribution is 7.08. The average Bonchev–Trinajstić information content (AvgIpc) is 3.35. The second-order valence-corrected chi connectivity index (χ2v) is 7.63. The molecular formula is C18H24N4OS. The number of carbonyl (C=O) groups is 1. The number of rotatable bonds is 5. The normalized spacial score (nSPS) is 21.8. The molecular weight excluding hydrogens is 320 g/mol. The van der Waals surface area contributed by atoms with Crippen LogP contribution in [-0.4, -0.2) is 39.7 Å². The van der Waals surface area contributed by atoms with Crippen molar-refractivity contribution in [1.82, 2.24) is 20.0 Å². The van der Waals surface area contributed by atoms with E-state index in [4.69, 9.17) is 0 Å². The minimum Gasteiger partial charge on any atom is -0.352 e. The number of amides is 1. The summed E-state index contributed by atoms with van der Waals surface area (Å²) in [6, 6.07) is 5.09. The van der Waals surface area contributed by atoms with Gasteiger partial charge in [0, 0.05) is 42.8 Å². The maximum Gasteiger partial charge on any atom is 0.252 e. The second kappa shape index (κ2) is 7.07. The van der Waals surface area contributed by atoms with Gasteiger partial charge in [-0.15, -0.1) is 0 Å². The van der Waals surface area contributed by atoms with Crippen LogP contribution in [0.2, 0.25) is 0 Å². The van der Waals surface area contributed by atoms with Crippen LogP contribution in [0, 0.1) is 0 Å². The quantitative estimate of drug-likeness (QED) is 0.907. The Morgan fingerprint density at radius 3 is 3.00 bits per heavy atom. The molecule has 0 spiro atoms. The summed E-state index contributed by atoms with van der Waals surface area (Å²) in [5.74, 6) is 0.0281. The van der Waals surface area contributed by atoms with Gasteiger partial charge in [-0.25, -0.2) is 0 Å². The SMILES string of the molecule is O=C(NCCC1CN(C2CCCC2)Cc2ccnn21)c1ccsc1. The van der Waals surface area contributed by atoms with E-state index < -0.39 is 0 Å². The molecule has 3 heterocycles. The van der Waals surface area contributed by atoms with Crippen molar-refractivity contribution in [3.8, 4) is 0 Å². The molecule has 4 rings (SSSR count). The molecule has 2 aromatic heterocycles. The van der Waals surface area contributed by atoms with Gasteiger partial charge in [-0.05, 0) is 36.8 Å². The first-order valence-electron chi connectivity index (χ1n) is 8.88. The van der Waals surface area contributed by atoms with E-state index in [9.17, 15) is 4.79 Å². The van der Waals surface area contributed by atoms with Crippen molar-refractivity contribution in [3.05, 3.63) is 40.3 Å². The van der Waals surface area contributed by atoms with Gasteiger partial charge in [0.2, 0.25) is 0 Å². The maximum atomic E-state index is 12.1. The van der Waals surface area contributed by atoms with Gasteiger partial charge in [0.25, 0.3) is 5.91 Å². The Morgan fingerprint density at radius 2 is 2.21 bits per heavy atom. The number of hydrogen-bond donors (Lipinski definition) is 1. The predicted molar refractivity (Wildman–Crippen MR) is 95.2 cm³/mol. The Hall–Kier alpha value is -1.66. The highest BCUT2D eigenvalue weighted by Gasteiger charge is 2.31. The number of nitrogens with one attached hydrogen (secondary N) is 1. The molecule has 5 nitrogen and oxygen atoms in total. The molecule has 1 aliphatic heterocycles. The molecule has 128 valence electrons. The molecule has 24 heavy (non-hydrogen) atoms. The number of hydrogen-bond acceptors (Lipinski definition) is 4. The molecule has 1 amide bonds. The van der Waals surface area contributed by atoms with Gasteiger partial charge >= 0.3 is 0 Å². The zero-order chi connectivity index (χ0) is 16.4. The molecule has 1 saturated carbocycles. The first-order valence-corrected chi connectivity index (χ1v) is 9.82. The summed E-state index contributed by atoms with van der Waals surface area (Å²) < 4.78 is 2.17. The molecule has 1 atom stereocenters. The van der Waals surface area contributed by atoms with Crippen molar-refractivity contribution in [2.75, 3.05) is 13.1 Å². The van der Waals surface area contributed by atoms with Crippen molar-refractivity contribution in [1.29, 1.82) is 0 Å². The van der Waals surface area contributed by atoms with Crippen LogP contribution >= 0.6 is 11.3 Å². The van der Waals surface area contributed by atoms with Crippen LogP contribution in [0.25, 0.3) is 0 Å².